The van der Waals surface area contributed by atoms with E-state index in [0.29, 0.717) is 24.8 Å². The molecule has 2 rings (SSSR count). The number of rotatable bonds is 4. The molecule has 0 bridgehead atoms. The summed E-state index contributed by atoms with van der Waals surface area (Å²) in [5, 5.41) is 2.33. The number of sulfone groups is 1. The molecule has 1 aliphatic rings. The van der Waals surface area contributed by atoms with Crippen molar-refractivity contribution in [2.75, 3.05) is 13.1 Å². The van der Waals surface area contributed by atoms with Gasteiger partial charge in [-0.25, -0.2) is 8.42 Å². The third-order valence-electron chi connectivity index (χ3n) is 4.14. The van der Waals surface area contributed by atoms with Crippen LogP contribution in [-0.2, 0) is 14.6 Å². The van der Waals surface area contributed by atoms with E-state index in [1.165, 1.54) is 6.92 Å². The minimum Gasteiger partial charge on any atom is -0.341 e. The number of carbonyl (C=O) groups excluding carboxylic acids is 1. The number of likely N-dealkylation sites (tertiary alicyclic amines) is 1. The molecule has 1 fully saturated rings. The molecule has 0 aliphatic carbocycles. The van der Waals surface area contributed by atoms with Gasteiger partial charge in [-0.2, -0.15) is 4.98 Å². The number of piperidine rings is 1. The topological polar surface area (TPSA) is 93.4 Å². The molecule has 2 unspecified atom stereocenters. The maximum atomic E-state index is 12.5. The Morgan fingerprint density at radius 3 is 2.59 bits per heavy atom. The quantitative estimate of drug-likeness (QED) is 0.826. The van der Waals surface area contributed by atoms with Crippen LogP contribution in [0, 0.1) is 6.92 Å². The summed E-state index contributed by atoms with van der Waals surface area (Å²) in [4.78, 5) is 18.3. The molecule has 0 aromatic carbocycles. The zero-order valence-corrected chi connectivity index (χ0v) is 14.3. The van der Waals surface area contributed by atoms with Gasteiger partial charge in [-0.05, 0) is 33.6 Å². The van der Waals surface area contributed by atoms with Gasteiger partial charge in [0.05, 0.1) is 5.25 Å². The Morgan fingerprint density at radius 2 is 2.05 bits per heavy atom. The van der Waals surface area contributed by atoms with Crippen LogP contribution in [0.3, 0.4) is 0 Å². The van der Waals surface area contributed by atoms with E-state index < -0.39 is 20.3 Å². The number of hydrogen-bond donors (Lipinski definition) is 0. The van der Waals surface area contributed by atoms with Crippen LogP contribution in [0.25, 0.3) is 0 Å². The molecule has 8 heteroatoms. The van der Waals surface area contributed by atoms with E-state index in [2.05, 4.69) is 10.1 Å². The maximum Gasteiger partial charge on any atom is 0.240 e. The van der Waals surface area contributed by atoms with Crippen LogP contribution in [0.15, 0.2) is 4.52 Å². The average Bonchev–Trinajstić information content (AvgIpc) is 2.92. The van der Waals surface area contributed by atoms with Crippen LogP contribution in [-0.4, -0.2) is 53.0 Å². The van der Waals surface area contributed by atoms with E-state index in [1.807, 2.05) is 0 Å². The Morgan fingerprint density at radius 1 is 1.36 bits per heavy atom. The standard InChI is InChI=1S/C14H23N3O4S/c1-9(2)22(19,20)10(3)14(18)17-7-5-6-12(8-17)13-15-11(4)21-16-13/h9-10,12H,5-8H2,1-4H3. The van der Waals surface area contributed by atoms with Gasteiger partial charge in [-0.3, -0.25) is 4.79 Å². The molecule has 7 nitrogen and oxygen atoms in total. The summed E-state index contributed by atoms with van der Waals surface area (Å²) in [6.45, 7) is 7.40. The van der Waals surface area contributed by atoms with Crippen molar-refractivity contribution in [1.82, 2.24) is 15.0 Å². The van der Waals surface area contributed by atoms with Crippen molar-refractivity contribution < 1.29 is 17.7 Å². The molecule has 124 valence electrons. The first-order valence-corrected chi connectivity index (χ1v) is 9.16. The molecule has 1 aliphatic heterocycles. The number of aryl methyl sites for hydroxylation is 1. The lowest BCUT2D eigenvalue weighted by atomic mass is 9.97. The summed E-state index contributed by atoms with van der Waals surface area (Å²) < 4.78 is 29.4. The third-order valence-corrected chi connectivity index (χ3v) is 6.64. The van der Waals surface area contributed by atoms with E-state index in [0.717, 1.165) is 12.8 Å². The van der Waals surface area contributed by atoms with Crippen LogP contribution in [0.5, 0.6) is 0 Å². The number of carbonyl (C=O) groups is 1. The van der Waals surface area contributed by atoms with Crippen LogP contribution < -0.4 is 0 Å². The lowest BCUT2D eigenvalue weighted by Gasteiger charge is -2.33. The minimum atomic E-state index is -3.44. The van der Waals surface area contributed by atoms with Crippen molar-refractivity contribution >= 4 is 15.7 Å². The Labute approximate surface area is 131 Å². The second-order valence-corrected chi connectivity index (χ2v) is 8.90. The Kier molecular flexibility index (Phi) is 4.89. The minimum absolute atomic E-state index is 0.00380. The van der Waals surface area contributed by atoms with E-state index >= 15 is 0 Å². The van der Waals surface area contributed by atoms with E-state index in [4.69, 9.17) is 4.52 Å². The van der Waals surface area contributed by atoms with Gasteiger partial charge in [-0.1, -0.05) is 5.16 Å². The molecule has 0 N–H and O–H groups in total. The molecule has 1 aromatic heterocycles. The highest BCUT2D eigenvalue weighted by Crippen LogP contribution is 2.26. The fourth-order valence-corrected chi connectivity index (χ4v) is 3.92. The lowest BCUT2D eigenvalue weighted by molar-refractivity contribution is -0.131. The number of hydrogen-bond acceptors (Lipinski definition) is 6. The molecule has 22 heavy (non-hydrogen) atoms. The van der Waals surface area contributed by atoms with Crippen LogP contribution in [0.1, 0.15) is 51.2 Å². The maximum absolute atomic E-state index is 12.5. The van der Waals surface area contributed by atoms with E-state index in [-0.39, 0.29) is 11.8 Å². The molecule has 0 saturated carbocycles. The smallest absolute Gasteiger partial charge is 0.240 e. The number of amides is 1. The SMILES string of the molecule is Cc1nc(C2CCCN(C(=O)C(C)S(=O)(=O)C(C)C)C2)no1. The lowest BCUT2D eigenvalue weighted by Crippen LogP contribution is -2.47. The van der Waals surface area contributed by atoms with Gasteiger partial charge in [-0.15, -0.1) is 0 Å². The van der Waals surface area contributed by atoms with Crippen LogP contribution in [0.4, 0.5) is 0 Å². The predicted molar refractivity (Wildman–Crippen MR) is 81.1 cm³/mol. The largest absolute Gasteiger partial charge is 0.341 e. The van der Waals surface area contributed by atoms with Gasteiger partial charge < -0.3 is 9.42 Å². The fraction of sp³-hybridized carbons (Fsp3) is 0.786. The predicted octanol–water partition coefficient (Wildman–Crippen LogP) is 1.30. The second kappa shape index (κ2) is 6.36. The summed E-state index contributed by atoms with van der Waals surface area (Å²) in [5.41, 5.74) is 0. The van der Waals surface area contributed by atoms with E-state index in [1.54, 1.807) is 25.7 Å². The highest BCUT2D eigenvalue weighted by Gasteiger charge is 2.36. The van der Waals surface area contributed by atoms with Gasteiger partial charge in [0.2, 0.25) is 11.8 Å². The highest BCUT2D eigenvalue weighted by atomic mass is 32.2. The van der Waals surface area contributed by atoms with Crippen molar-refractivity contribution in [2.24, 2.45) is 0 Å². The Bertz CT molecular complexity index is 638. The zero-order chi connectivity index (χ0) is 16.5. The average molecular weight is 329 g/mol. The molecule has 2 heterocycles. The van der Waals surface area contributed by atoms with Crippen molar-refractivity contribution in [3.63, 3.8) is 0 Å². The summed E-state index contributed by atoms with van der Waals surface area (Å²) in [7, 11) is -3.44. The monoisotopic (exact) mass is 329 g/mol. The summed E-state index contributed by atoms with van der Waals surface area (Å²) in [6.07, 6.45) is 1.67. The molecule has 0 spiro atoms. The van der Waals surface area contributed by atoms with Gasteiger partial charge in [0.25, 0.3) is 0 Å². The Balaban J connectivity index is 2.10. The first-order valence-electron chi connectivity index (χ1n) is 7.55. The molecule has 1 saturated heterocycles. The third kappa shape index (κ3) is 3.31. The molecular weight excluding hydrogens is 306 g/mol. The summed E-state index contributed by atoms with van der Waals surface area (Å²) in [5.74, 6) is 0.756. The van der Waals surface area contributed by atoms with Crippen molar-refractivity contribution in [1.29, 1.82) is 0 Å². The highest BCUT2D eigenvalue weighted by molar-refractivity contribution is 7.93. The molecule has 1 amide bonds. The second-order valence-electron chi connectivity index (χ2n) is 6.08. The van der Waals surface area contributed by atoms with Gasteiger partial charge in [0.15, 0.2) is 15.7 Å². The molecule has 1 aromatic rings. The van der Waals surface area contributed by atoms with E-state index in [9.17, 15) is 13.2 Å². The van der Waals surface area contributed by atoms with Gasteiger partial charge >= 0.3 is 0 Å². The summed E-state index contributed by atoms with van der Waals surface area (Å²) in [6, 6.07) is 0. The molecular formula is C14H23N3O4S. The number of nitrogens with zero attached hydrogens (tertiary/aromatic N) is 3. The Hall–Kier alpha value is -1.44. The molecule has 2 atom stereocenters. The van der Waals surface area contributed by atoms with Crippen molar-refractivity contribution in [3.8, 4) is 0 Å². The van der Waals surface area contributed by atoms with Crippen molar-refractivity contribution in [2.45, 2.75) is 57.0 Å². The normalized spacial score (nSPS) is 21.1. The molecule has 0 radical (unpaired) electrons. The number of aromatic nitrogens is 2. The van der Waals surface area contributed by atoms with Crippen molar-refractivity contribution in [3.05, 3.63) is 11.7 Å². The van der Waals surface area contributed by atoms with Gasteiger partial charge in [0, 0.05) is 25.9 Å². The van der Waals surface area contributed by atoms with Gasteiger partial charge in [0.1, 0.15) is 5.25 Å². The van der Waals surface area contributed by atoms with Crippen LogP contribution >= 0.6 is 0 Å². The summed E-state index contributed by atoms with van der Waals surface area (Å²) >= 11 is 0. The zero-order valence-electron chi connectivity index (χ0n) is 13.4. The fourth-order valence-electron chi connectivity index (χ4n) is 2.67. The van der Waals surface area contributed by atoms with Crippen LogP contribution in [0.2, 0.25) is 0 Å². The first-order chi connectivity index (χ1) is 10.2. The first kappa shape index (κ1) is 16.9.